The van der Waals surface area contributed by atoms with Gasteiger partial charge in [0.05, 0.1) is 9.47 Å². The summed E-state index contributed by atoms with van der Waals surface area (Å²) >= 11 is 10.1. The standard InChI is InChI=1S/C9H6BrClN2O2S2/c10-7-3-4-8(16-7)17(14,15)13-6-2-1-5-12-9(6)11/h1-5,13H. The minimum absolute atomic E-state index is 0.117. The number of sulfonamides is 1. The van der Waals surface area contributed by atoms with Crippen LogP contribution in [0.15, 0.2) is 38.5 Å². The summed E-state index contributed by atoms with van der Waals surface area (Å²) < 4.78 is 27.3. The summed E-state index contributed by atoms with van der Waals surface area (Å²) in [6.45, 7) is 0. The smallest absolute Gasteiger partial charge is 0.271 e. The van der Waals surface area contributed by atoms with E-state index >= 15 is 0 Å². The second-order valence-electron chi connectivity index (χ2n) is 3.01. The second kappa shape index (κ2) is 4.93. The molecule has 4 nitrogen and oxygen atoms in total. The van der Waals surface area contributed by atoms with Crippen molar-refractivity contribution in [1.29, 1.82) is 0 Å². The first-order chi connectivity index (χ1) is 7.99. The van der Waals surface area contributed by atoms with Gasteiger partial charge in [-0.3, -0.25) is 4.72 Å². The number of hydrogen-bond donors (Lipinski definition) is 1. The first kappa shape index (κ1) is 12.8. The molecule has 0 amide bonds. The third-order valence-corrected chi connectivity index (χ3v) is 5.60. The number of rotatable bonds is 3. The van der Waals surface area contributed by atoms with E-state index in [1.807, 2.05) is 0 Å². The van der Waals surface area contributed by atoms with Gasteiger partial charge < -0.3 is 0 Å². The van der Waals surface area contributed by atoms with Crippen molar-refractivity contribution >= 4 is 54.6 Å². The maximum Gasteiger partial charge on any atom is 0.271 e. The van der Waals surface area contributed by atoms with Gasteiger partial charge in [-0.05, 0) is 40.2 Å². The quantitative estimate of drug-likeness (QED) is 0.861. The summed E-state index contributed by atoms with van der Waals surface area (Å²) in [5.41, 5.74) is 0.263. The van der Waals surface area contributed by atoms with Gasteiger partial charge in [-0.2, -0.15) is 0 Å². The van der Waals surface area contributed by atoms with Gasteiger partial charge in [0.25, 0.3) is 10.0 Å². The van der Waals surface area contributed by atoms with Crippen molar-refractivity contribution in [3.8, 4) is 0 Å². The van der Waals surface area contributed by atoms with Crippen LogP contribution < -0.4 is 4.72 Å². The summed E-state index contributed by atoms with van der Waals surface area (Å²) in [6, 6.07) is 6.34. The fourth-order valence-electron chi connectivity index (χ4n) is 1.10. The number of halogens is 2. The van der Waals surface area contributed by atoms with Gasteiger partial charge in [0.15, 0.2) is 5.15 Å². The van der Waals surface area contributed by atoms with E-state index in [0.29, 0.717) is 0 Å². The Hall–Kier alpha value is -0.630. The molecule has 0 aliphatic heterocycles. The van der Waals surface area contributed by atoms with E-state index < -0.39 is 10.0 Å². The Bertz CT molecular complexity index is 642. The highest BCUT2D eigenvalue weighted by atomic mass is 79.9. The number of nitrogens with one attached hydrogen (secondary N) is 1. The number of nitrogens with zero attached hydrogens (tertiary/aromatic N) is 1. The van der Waals surface area contributed by atoms with Crippen LogP contribution in [0, 0.1) is 0 Å². The molecule has 2 aromatic rings. The highest BCUT2D eigenvalue weighted by molar-refractivity contribution is 9.11. The first-order valence-electron chi connectivity index (χ1n) is 4.38. The lowest BCUT2D eigenvalue weighted by Gasteiger charge is -2.06. The van der Waals surface area contributed by atoms with E-state index in [9.17, 15) is 8.42 Å². The number of thiophene rings is 1. The van der Waals surface area contributed by atoms with E-state index in [4.69, 9.17) is 11.6 Å². The van der Waals surface area contributed by atoms with Crippen molar-refractivity contribution in [1.82, 2.24) is 4.98 Å². The van der Waals surface area contributed by atoms with Gasteiger partial charge in [-0.1, -0.05) is 11.6 Å². The van der Waals surface area contributed by atoms with Gasteiger partial charge in [0.1, 0.15) is 4.21 Å². The Morgan fingerprint density at radius 3 is 2.71 bits per heavy atom. The van der Waals surface area contributed by atoms with Crippen molar-refractivity contribution in [3.63, 3.8) is 0 Å². The number of aromatic nitrogens is 1. The number of anilines is 1. The fourth-order valence-corrected chi connectivity index (χ4v) is 4.40. The Kier molecular flexibility index (Phi) is 3.72. The molecule has 0 saturated carbocycles. The zero-order valence-electron chi connectivity index (χ0n) is 8.22. The Balaban J connectivity index is 2.33. The van der Waals surface area contributed by atoms with Crippen LogP contribution in [0.1, 0.15) is 0 Å². The zero-order valence-corrected chi connectivity index (χ0v) is 12.2. The second-order valence-corrected chi connectivity index (χ2v) is 7.74. The van der Waals surface area contributed by atoms with E-state index in [0.717, 1.165) is 15.1 Å². The molecule has 90 valence electrons. The summed E-state index contributed by atoms with van der Waals surface area (Å²) in [5, 5.41) is 0.117. The summed E-state index contributed by atoms with van der Waals surface area (Å²) in [7, 11) is -3.60. The molecule has 0 aromatic carbocycles. The van der Waals surface area contributed by atoms with E-state index in [-0.39, 0.29) is 15.0 Å². The van der Waals surface area contributed by atoms with Gasteiger partial charge in [-0.15, -0.1) is 11.3 Å². The SMILES string of the molecule is O=S(=O)(Nc1cccnc1Cl)c1ccc(Br)s1. The van der Waals surface area contributed by atoms with E-state index in [2.05, 4.69) is 25.6 Å². The summed E-state index contributed by atoms with van der Waals surface area (Å²) in [5.74, 6) is 0. The van der Waals surface area contributed by atoms with Crippen LogP contribution in [0.2, 0.25) is 5.15 Å². The van der Waals surface area contributed by atoms with Gasteiger partial charge >= 0.3 is 0 Å². The minimum Gasteiger partial charge on any atom is -0.276 e. The van der Waals surface area contributed by atoms with E-state index in [1.165, 1.54) is 12.3 Å². The molecule has 0 aliphatic carbocycles. The van der Waals surface area contributed by atoms with Crippen LogP contribution >= 0.6 is 38.9 Å². The molecule has 0 spiro atoms. The third-order valence-electron chi connectivity index (χ3n) is 1.82. The maximum atomic E-state index is 12.0. The molecule has 0 fully saturated rings. The molecule has 17 heavy (non-hydrogen) atoms. The average Bonchev–Trinajstić information content (AvgIpc) is 2.69. The molecule has 0 bridgehead atoms. The molecular weight excluding hydrogens is 348 g/mol. The number of pyridine rings is 1. The molecule has 1 N–H and O–H groups in total. The van der Waals surface area contributed by atoms with Crippen LogP contribution in [-0.2, 0) is 10.0 Å². The molecule has 0 aliphatic rings. The predicted octanol–water partition coefficient (Wildman–Crippen LogP) is 3.36. The van der Waals surface area contributed by atoms with Crippen molar-refractivity contribution < 1.29 is 8.42 Å². The Morgan fingerprint density at radius 1 is 1.35 bits per heavy atom. The van der Waals surface area contributed by atoms with Crippen LogP contribution in [0.25, 0.3) is 0 Å². The number of hydrogen-bond acceptors (Lipinski definition) is 4. The monoisotopic (exact) mass is 352 g/mol. The fraction of sp³-hybridized carbons (Fsp3) is 0. The predicted molar refractivity (Wildman–Crippen MR) is 72.1 cm³/mol. The Labute approximate surface area is 116 Å². The van der Waals surface area contributed by atoms with Crippen molar-refractivity contribution in [2.24, 2.45) is 0 Å². The topological polar surface area (TPSA) is 59.1 Å². The molecule has 0 unspecified atom stereocenters. The normalized spacial score (nSPS) is 11.4. The highest BCUT2D eigenvalue weighted by Gasteiger charge is 2.17. The average molecular weight is 354 g/mol. The van der Waals surface area contributed by atoms with Gasteiger partial charge in [0, 0.05) is 6.20 Å². The highest BCUT2D eigenvalue weighted by Crippen LogP contribution is 2.28. The van der Waals surface area contributed by atoms with Crippen molar-refractivity contribution in [3.05, 3.63) is 39.4 Å². The van der Waals surface area contributed by atoms with Crippen molar-refractivity contribution in [2.75, 3.05) is 4.72 Å². The van der Waals surface area contributed by atoms with Crippen LogP contribution in [0.3, 0.4) is 0 Å². The van der Waals surface area contributed by atoms with Gasteiger partial charge in [0.2, 0.25) is 0 Å². The molecule has 0 atom stereocenters. The molecule has 0 saturated heterocycles. The molecule has 0 radical (unpaired) electrons. The zero-order chi connectivity index (χ0) is 12.5. The molecule has 2 aromatic heterocycles. The van der Waals surface area contributed by atoms with Crippen molar-refractivity contribution in [2.45, 2.75) is 4.21 Å². The third kappa shape index (κ3) is 2.98. The largest absolute Gasteiger partial charge is 0.276 e. The first-order valence-corrected chi connectivity index (χ1v) is 7.85. The lowest BCUT2D eigenvalue weighted by Crippen LogP contribution is -2.11. The van der Waals surface area contributed by atoms with Crippen LogP contribution in [0.4, 0.5) is 5.69 Å². The summed E-state index contributed by atoms with van der Waals surface area (Å²) in [6.07, 6.45) is 1.49. The molecule has 2 heterocycles. The van der Waals surface area contributed by atoms with E-state index in [1.54, 1.807) is 18.2 Å². The molecular formula is C9H6BrClN2O2S2. The lowest BCUT2D eigenvalue weighted by atomic mass is 10.4. The molecule has 8 heteroatoms. The van der Waals surface area contributed by atoms with Gasteiger partial charge in [-0.25, -0.2) is 13.4 Å². The Morgan fingerprint density at radius 2 is 2.12 bits per heavy atom. The van der Waals surface area contributed by atoms with Crippen LogP contribution in [0.5, 0.6) is 0 Å². The van der Waals surface area contributed by atoms with Crippen LogP contribution in [-0.4, -0.2) is 13.4 Å². The lowest BCUT2D eigenvalue weighted by molar-refractivity contribution is 0.603. The maximum absolute atomic E-state index is 12.0. The molecule has 2 rings (SSSR count). The minimum atomic E-state index is -3.60. The summed E-state index contributed by atoms with van der Waals surface area (Å²) in [4.78, 5) is 3.79.